The van der Waals surface area contributed by atoms with Crippen molar-refractivity contribution in [3.63, 3.8) is 0 Å². The van der Waals surface area contributed by atoms with E-state index in [2.05, 4.69) is 68.3 Å². The predicted octanol–water partition coefficient (Wildman–Crippen LogP) is 6.64. The van der Waals surface area contributed by atoms with Crippen molar-refractivity contribution >= 4 is 11.6 Å². The second-order valence-electron chi connectivity index (χ2n) is 8.52. The normalized spacial score (nSPS) is 11.3. The highest BCUT2D eigenvalue weighted by molar-refractivity contribution is 6.04. The minimum absolute atomic E-state index is 0.0377. The number of anilines is 1. The van der Waals surface area contributed by atoms with Gasteiger partial charge < -0.3 is 5.32 Å². The number of amides is 1. The van der Waals surface area contributed by atoms with E-state index in [0.29, 0.717) is 5.56 Å². The summed E-state index contributed by atoms with van der Waals surface area (Å²) < 4.78 is 0. The first-order valence-electron chi connectivity index (χ1n) is 10.3. The Labute approximate surface area is 174 Å². The molecule has 150 valence electrons. The van der Waals surface area contributed by atoms with Gasteiger partial charge in [-0.05, 0) is 53.6 Å². The number of nitrogens with one attached hydrogen (secondary N) is 1. The van der Waals surface area contributed by atoms with Crippen molar-refractivity contribution in [3.8, 4) is 11.3 Å². The molecule has 0 bridgehead atoms. The number of aryl methyl sites for hydroxylation is 1. The Balaban J connectivity index is 1.69. The number of aromatic nitrogens is 1. The minimum atomic E-state index is -0.148. The number of carbonyl (C=O) groups excluding carboxylic acids is 1. The number of carbonyl (C=O) groups is 1. The molecule has 3 heteroatoms. The fraction of sp³-hybridized carbons (Fsp3) is 0.308. The molecule has 3 aromatic rings. The third kappa shape index (κ3) is 5.54. The second-order valence-corrected chi connectivity index (χ2v) is 8.52. The lowest BCUT2D eigenvalue weighted by molar-refractivity contribution is 0.102. The summed E-state index contributed by atoms with van der Waals surface area (Å²) >= 11 is 0. The molecule has 0 atom stereocenters. The molecule has 0 aliphatic carbocycles. The van der Waals surface area contributed by atoms with Crippen molar-refractivity contribution in [1.29, 1.82) is 0 Å². The molecule has 0 aliphatic rings. The van der Waals surface area contributed by atoms with Crippen molar-refractivity contribution in [2.24, 2.45) is 0 Å². The quantitative estimate of drug-likeness (QED) is 0.516. The first-order chi connectivity index (χ1) is 13.9. The molecule has 0 aliphatic heterocycles. The van der Waals surface area contributed by atoms with Gasteiger partial charge in [0, 0.05) is 17.4 Å². The SMILES string of the molecule is CCCCc1ccc(-c2ccc(C(=O)Nc3cccc(C(C)(C)C)c3)cn2)cc1. The van der Waals surface area contributed by atoms with E-state index in [-0.39, 0.29) is 11.3 Å². The Kier molecular flexibility index (Phi) is 6.48. The third-order valence-corrected chi connectivity index (χ3v) is 5.08. The maximum Gasteiger partial charge on any atom is 0.257 e. The highest BCUT2D eigenvalue weighted by Crippen LogP contribution is 2.25. The van der Waals surface area contributed by atoms with Gasteiger partial charge in [-0.3, -0.25) is 9.78 Å². The largest absolute Gasteiger partial charge is 0.322 e. The molecule has 29 heavy (non-hydrogen) atoms. The first kappa shape index (κ1) is 20.8. The second kappa shape index (κ2) is 9.04. The molecule has 1 aromatic heterocycles. The highest BCUT2D eigenvalue weighted by atomic mass is 16.1. The summed E-state index contributed by atoms with van der Waals surface area (Å²) in [7, 11) is 0. The predicted molar refractivity (Wildman–Crippen MR) is 121 cm³/mol. The average Bonchev–Trinajstić information content (AvgIpc) is 2.72. The topological polar surface area (TPSA) is 42.0 Å². The van der Waals surface area contributed by atoms with Gasteiger partial charge in [0.1, 0.15) is 0 Å². The van der Waals surface area contributed by atoms with Crippen molar-refractivity contribution < 1.29 is 4.79 Å². The highest BCUT2D eigenvalue weighted by Gasteiger charge is 2.14. The molecule has 1 N–H and O–H groups in total. The summed E-state index contributed by atoms with van der Waals surface area (Å²) in [5.41, 5.74) is 5.86. The molecule has 1 heterocycles. The maximum atomic E-state index is 12.6. The van der Waals surface area contributed by atoms with Crippen LogP contribution in [0, 0.1) is 0 Å². The van der Waals surface area contributed by atoms with Crippen LogP contribution in [0.25, 0.3) is 11.3 Å². The molecule has 0 saturated carbocycles. The molecule has 2 aromatic carbocycles. The van der Waals surface area contributed by atoms with E-state index in [1.54, 1.807) is 6.20 Å². The Morgan fingerprint density at radius 3 is 2.38 bits per heavy atom. The Morgan fingerprint density at radius 2 is 1.76 bits per heavy atom. The number of rotatable bonds is 6. The molecule has 0 spiro atoms. The molecule has 0 unspecified atom stereocenters. The zero-order valence-electron chi connectivity index (χ0n) is 17.8. The van der Waals surface area contributed by atoms with Gasteiger partial charge in [-0.25, -0.2) is 0 Å². The molecular formula is C26H30N2O. The van der Waals surface area contributed by atoms with Gasteiger partial charge in [0.2, 0.25) is 0 Å². The van der Waals surface area contributed by atoms with Crippen LogP contribution in [0.15, 0.2) is 66.9 Å². The molecule has 3 nitrogen and oxygen atoms in total. The number of benzene rings is 2. The summed E-state index contributed by atoms with van der Waals surface area (Å²) in [6.45, 7) is 8.68. The van der Waals surface area contributed by atoms with Gasteiger partial charge in [-0.2, -0.15) is 0 Å². The van der Waals surface area contributed by atoms with Crippen molar-refractivity contribution in [1.82, 2.24) is 4.98 Å². The van der Waals surface area contributed by atoms with Crippen LogP contribution in [-0.4, -0.2) is 10.9 Å². The zero-order chi connectivity index (χ0) is 20.9. The van der Waals surface area contributed by atoms with Crippen LogP contribution in [-0.2, 0) is 11.8 Å². The number of hydrogen-bond donors (Lipinski definition) is 1. The summed E-state index contributed by atoms with van der Waals surface area (Å²) in [4.78, 5) is 17.1. The molecular weight excluding hydrogens is 356 g/mol. The van der Waals surface area contributed by atoms with Crippen LogP contribution in [0.2, 0.25) is 0 Å². The van der Waals surface area contributed by atoms with Gasteiger partial charge in [-0.1, -0.05) is 70.5 Å². The standard InChI is InChI=1S/C26H30N2O/c1-5-6-8-19-11-13-20(14-12-19)24-16-15-21(18-27-24)25(29)28-23-10-7-9-22(17-23)26(2,3)4/h7,9-18H,5-6,8H2,1-4H3,(H,28,29). The van der Waals surface area contributed by atoms with Crippen LogP contribution in [0.5, 0.6) is 0 Å². The Bertz CT molecular complexity index is 951. The summed E-state index contributed by atoms with van der Waals surface area (Å²) in [5.74, 6) is -0.148. The smallest absolute Gasteiger partial charge is 0.257 e. The molecule has 0 saturated heterocycles. The van der Waals surface area contributed by atoms with E-state index in [0.717, 1.165) is 23.4 Å². The number of nitrogens with zero attached hydrogens (tertiary/aromatic N) is 1. The third-order valence-electron chi connectivity index (χ3n) is 5.08. The van der Waals surface area contributed by atoms with Crippen LogP contribution >= 0.6 is 0 Å². The molecule has 0 radical (unpaired) electrons. The van der Waals surface area contributed by atoms with Gasteiger partial charge >= 0.3 is 0 Å². The van der Waals surface area contributed by atoms with Gasteiger partial charge in [0.15, 0.2) is 0 Å². The average molecular weight is 387 g/mol. The van der Waals surface area contributed by atoms with Gasteiger partial charge in [-0.15, -0.1) is 0 Å². The molecule has 0 fully saturated rings. The zero-order valence-corrected chi connectivity index (χ0v) is 17.8. The fourth-order valence-corrected chi connectivity index (χ4v) is 3.19. The minimum Gasteiger partial charge on any atom is -0.322 e. The first-order valence-corrected chi connectivity index (χ1v) is 10.3. The van der Waals surface area contributed by atoms with E-state index in [1.165, 1.54) is 24.0 Å². The number of pyridine rings is 1. The molecule has 3 rings (SSSR count). The lowest BCUT2D eigenvalue weighted by Crippen LogP contribution is -2.14. The molecule has 1 amide bonds. The van der Waals surface area contributed by atoms with Crippen LogP contribution in [0.4, 0.5) is 5.69 Å². The summed E-state index contributed by atoms with van der Waals surface area (Å²) in [5, 5.41) is 2.98. The van der Waals surface area contributed by atoms with E-state index in [9.17, 15) is 4.79 Å². The van der Waals surface area contributed by atoms with Crippen LogP contribution < -0.4 is 5.32 Å². The van der Waals surface area contributed by atoms with Gasteiger partial charge in [0.25, 0.3) is 5.91 Å². The maximum absolute atomic E-state index is 12.6. The van der Waals surface area contributed by atoms with E-state index in [4.69, 9.17) is 0 Å². The van der Waals surface area contributed by atoms with Crippen molar-refractivity contribution in [2.45, 2.75) is 52.4 Å². The summed E-state index contributed by atoms with van der Waals surface area (Å²) in [6.07, 6.45) is 5.16. The monoisotopic (exact) mass is 386 g/mol. The van der Waals surface area contributed by atoms with E-state index >= 15 is 0 Å². The lowest BCUT2D eigenvalue weighted by Gasteiger charge is -2.19. The number of unbranched alkanes of at least 4 members (excludes halogenated alkanes) is 1. The van der Waals surface area contributed by atoms with Crippen molar-refractivity contribution in [3.05, 3.63) is 83.6 Å². The van der Waals surface area contributed by atoms with E-state index < -0.39 is 0 Å². The Morgan fingerprint density at radius 1 is 1.00 bits per heavy atom. The fourth-order valence-electron chi connectivity index (χ4n) is 3.19. The summed E-state index contributed by atoms with van der Waals surface area (Å²) in [6, 6.07) is 20.3. The van der Waals surface area contributed by atoms with Crippen LogP contribution in [0.3, 0.4) is 0 Å². The van der Waals surface area contributed by atoms with E-state index in [1.807, 2.05) is 30.3 Å². The lowest BCUT2D eigenvalue weighted by atomic mass is 9.87. The number of hydrogen-bond acceptors (Lipinski definition) is 2. The van der Waals surface area contributed by atoms with Crippen LogP contribution in [0.1, 0.15) is 62.0 Å². The van der Waals surface area contributed by atoms with Crippen molar-refractivity contribution in [2.75, 3.05) is 5.32 Å². The van der Waals surface area contributed by atoms with Gasteiger partial charge in [0.05, 0.1) is 11.3 Å². The Hall–Kier alpha value is -2.94.